The average molecular weight is 355 g/mol. The minimum atomic E-state index is -0.483. The number of aryl methyl sites for hydroxylation is 2. The van der Waals surface area contributed by atoms with Crippen LogP contribution >= 0.6 is 0 Å². The maximum Gasteiger partial charge on any atom is 0.336 e. The van der Waals surface area contributed by atoms with E-state index in [0.29, 0.717) is 11.3 Å². The molecule has 3 aromatic rings. The van der Waals surface area contributed by atoms with Gasteiger partial charge in [0.15, 0.2) is 5.75 Å². The van der Waals surface area contributed by atoms with Crippen molar-refractivity contribution in [3.63, 3.8) is 0 Å². The van der Waals surface area contributed by atoms with Gasteiger partial charge in [0.25, 0.3) is 0 Å². The van der Waals surface area contributed by atoms with Crippen LogP contribution in [0.2, 0.25) is 0 Å². The third kappa shape index (κ3) is 3.83. The van der Waals surface area contributed by atoms with Gasteiger partial charge in [-0.05, 0) is 43.2 Å². The molecule has 1 heterocycles. The molecule has 0 radical (unpaired) electrons. The fourth-order valence-electron chi connectivity index (χ4n) is 2.59. The molecule has 3 rings (SSSR count). The third-order valence-electron chi connectivity index (χ3n) is 3.84. The first-order valence-electron chi connectivity index (χ1n) is 7.99. The first kappa shape index (κ1) is 17.5. The molecule has 0 bridgehead atoms. The van der Waals surface area contributed by atoms with E-state index in [1.165, 1.54) is 12.1 Å². The molecule has 0 saturated heterocycles. The number of hydrogen-bond acceptors (Lipinski definition) is 6. The average Bonchev–Trinajstić information content (AvgIpc) is 2.58. The van der Waals surface area contributed by atoms with Crippen LogP contribution in [0.1, 0.15) is 11.1 Å². The molecule has 0 aliphatic heterocycles. The molecule has 0 saturated carbocycles. The van der Waals surface area contributed by atoms with Crippen molar-refractivity contribution in [1.29, 1.82) is 0 Å². The van der Waals surface area contributed by atoms with Crippen molar-refractivity contribution >= 4 is 16.7 Å². The Balaban J connectivity index is 1.66. The molecule has 0 aliphatic rings. The highest BCUT2D eigenvalue weighted by Crippen LogP contribution is 2.28. The number of benzene rings is 2. The number of ether oxygens (including phenoxy) is 2. The molecule has 0 atom stereocenters. The van der Waals surface area contributed by atoms with Gasteiger partial charge in [-0.2, -0.15) is 0 Å². The molecule has 26 heavy (non-hydrogen) atoms. The van der Waals surface area contributed by atoms with E-state index in [1.54, 1.807) is 24.3 Å². The van der Waals surface area contributed by atoms with Gasteiger partial charge in [0.05, 0.1) is 4.92 Å². The molecule has 0 amide bonds. The number of hydrogen-bond donors (Lipinski definition) is 0. The summed E-state index contributed by atoms with van der Waals surface area (Å²) in [7, 11) is 0. The lowest BCUT2D eigenvalue weighted by molar-refractivity contribution is -0.385. The second-order valence-electron chi connectivity index (χ2n) is 5.83. The SMILES string of the molecule is Cc1ccc([N+](=O)[O-])c(OCCOc2ccc3c(C)cc(=O)oc3c2)c1. The van der Waals surface area contributed by atoms with E-state index in [0.717, 1.165) is 16.5 Å². The van der Waals surface area contributed by atoms with Crippen molar-refractivity contribution in [2.45, 2.75) is 13.8 Å². The van der Waals surface area contributed by atoms with E-state index in [1.807, 2.05) is 19.9 Å². The lowest BCUT2D eigenvalue weighted by atomic mass is 10.1. The van der Waals surface area contributed by atoms with E-state index < -0.39 is 10.5 Å². The zero-order valence-electron chi connectivity index (χ0n) is 14.4. The van der Waals surface area contributed by atoms with Crippen molar-refractivity contribution in [2.75, 3.05) is 13.2 Å². The highest BCUT2D eigenvalue weighted by atomic mass is 16.6. The van der Waals surface area contributed by atoms with E-state index in [9.17, 15) is 14.9 Å². The molecular formula is C19H17NO6. The quantitative estimate of drug-likeness (QED) is 0.289. The third-order valence-corrected chi connectivity index (χ3v) is 3.84. The molecule has 0 N–H and O–H groups in total. The second kappa shape index (κ2) is 7.26. The van der Waals surface area contributed by atoms with Gasteiger partial charge in [-0.3, -0.25) is 10.1 Å². The van der Waals surface area contributed by atoms with E-state index in [2.05, 4.69) is 0 Å². The van der Waals surface area contributed by atoms with Crippen LogP contribution in [0.4, 0.5) is 5.69 Å². The first-order chi connectivity index (χ1) is 12.4. The Bertz CT molecular complexity index is 1020. The van der Waals surface area contributed by atoms with Crippen molar-refractivity contribution in [1.82, 2.24) is 0 Å². The van der Waals surface area contributed by atoms with Gasteiger partial charge in [-0.25, -0.2) is 4.79 Å². The second-order valence-corrected chi connectivity index (χ2v) is 5.83. The summed E-state index contributed by atoms with van der Waals surface area (Å²) in [6.07, 6.45) is 0. The lowest BCUT2D eigenvalue weighted by Gasteiger charge is -2.10. The Kier molecular flexibility index (Phi) is 4.88. The van der Waals surface area contributed by atoms with Gasteiger partial charge >= 0.3 is 11.3 Å². The maximum atomic E-state index is 11.5. The van der Waals surface area contributed by atoms with E-state index >= 15 is 0 Å². The van der Waals surface area contributed by atoms with Crippen LogP contribution in [0.25, 0.3) is 11.0 Å². The van der Waals surface area contributed by atoms with Crippen molar-refractivity contribution < 1.29 is 18.8 Å². The van der Waals surface area contributed by atoms with E-state index in [-0.39, 0.29) is 24.7 Å². The molecule has 0 aliphatic carbocycles. The smallest absolute Gasteiger partial charge is 0.336 e. The van der Waals surface area contributed by atoms with Gasteiger partial charge in [0, 0.05) is 23.6 Å². The van der Waals surface area contributed by atoms with Gasteiger partial charge in [-0.1, -0.05) is 6.07 Å². The Morgan fingerprint density at radius 1 is 1.04 bits per heavy atom. The summed E-state index contributed by atoms with van der Waals surface area (Å²) < 4.78 is 16.2. The standard InChI is InChI=1S/C19H17NO6/c1-12-3-6-16(20(22)23)18(9-12)25-8-7-24-14-4-5-15-13(2)10-19(21)26-17(15)11-14/h3-6,9-11H,7-8H2,1-2H3. The zero-order chi connectivity index (χ0) is 18.7. The molecule has 2 aromatic carbocycles. The minimum absolute atomic E-state index is 0.0847. The fourth-order valence-corrected chi connectivity index (χ4v) is 2.59. The summed E-state index contributed by atoms with van der Waals surface area (Å²) in [6, 6.07) is 11.3. The lowest BCUT2D eigenvalue weighted by Crippen LogP contribution is -2.10. The van der Waals surface area contributed by atoms with Gasteiger partial charge in [0.2, 0.25) is 0 Å². The monoisotopic (exact) mass is 355 g/mol. The molecule has 1 aromatic heterocycles. The van der Waals surface area contributed by atoms with Crippen LogP contribution in [0.15, 0.2) is 51.7 Å². The number of nitro groups is 1. The van der Waals surface area contributed by atoms with Crippen LogP contribution in [0.3, 0.4) is 0 Å². The number of fused-ring (bicyclic) bond motifs is 1. The molecule has 0 fully saturated rings. The van der Waals surface area contributed by atoms with Crippen LogP contribution in [0, 0.1) is 24.0 Å². The van der Waals surface area contributed by atoms with Gasteiger partial charge in [0.1, 0.15) is 24.5 Å². The van der Waals surface area contributed by atoms with Crippen LogP contribution in [-0.4, -0.2) is 18.1 Å². The summed E-state index contributed by atoms with van der Waals surface area (Å²) in [6.45, 7) is 3.99. The molecule has 134 valence electrons. The summed E-state index contributed by atoms with van der Waals surface area (Å²) in [5.41, 5.74) is 1.65. The Hall–Kier alpha value is -3.35. The van der Waals surface area contributed by atoms with Crippen molar-refractivity contribution in [3.8, 4) is 11.5 Å². The normalized spacial score (nSPS) is 10.7. The Morgan fingerprint density at radius 3 is 2.58 bits per heavy atom. The summed E-state index contributed by atoms with van der Waals surface area (Å²) in [4.78, 5) is 22.0. The molecular weight excluding hydrogens is 338 g/mol. The summed E-state index contributed by atoms with van der Waals surface area (Å²) >= 11 is 0. The van der Waals surface area contributed by atoms with Crippen LogP contribution in [0.5, 0.6) is 11.5 Å². The van der Waals surface area contributed by atoms with Gasteiger partial charge in [-0.15, -0.1) is 0 Å². The zero-order valence-corrected chi connectivity index (χ0v) is 14.4. The van der Waals surface area contributed by atoms with Gasteiger partial charge < -0.3 is 13.9 Å². The highest BCUT2D eigenvalue weighted by Gasteiger charge is 2.14. The minimum Gasteiger partial charge on any atom is -0.490 e. The molecule has 0 unspecified atom stereocenters. The Morgan fingerprint density at radius 2 is 1.81 bits per heavy atom. The number of nitrogens with zero attached hydrogens (tertiary/aromatic N) is 1. The molecule has 7 heteroatoms. The summed E-state index contributed by atoms with van der Waals surface area (Å²) in [5.74, 6) is 0.729. The number of rotatable bonds is 6. The van der Waals surface area contributed by atoms with Crippen LogP contribution in [-0.2, 0) is 0 Å². The van der Waals surface area contributed by atoms with Crippen LogP contribution < -0.4 is 15.1 Å². The summed E-state index contributed by atoms with van der Waals surface area (Å²) in [5, 5.41) is 11.9. The predicted octanol–water partition coefficient (Wildman–Crippen LogP) is 3.78. The molecule has 0 spiro atoms. The topological polar surface area (TPSA) is 91.8 Å². The maximum absolute atomic E-state index is 11.5. The van der Waals surface area contributed by atoms with E-state index in [4.69, 9.17) is 13.9 Å². The fraction of sp³-hybridized carbons (Fsp3) is 0.211. The van der Waals surface area contributed by atoms with Crippen molar-refractivity contribution in [2.24, 2.45) is 0 Å². The number of nitro benzene ring substituents is 1. The highest BCUT2D eigenvalue weighted by molar-refractivity contribution is 5.81. The first-order valence-corrected chi connectivity index (χ1v) is 7.99. The predicted molar refractivity (Wildman–Crippen MR) is 96.0 cm³/mol. The largest absolute Gasteiger partial charge is 0.490 e. The van der Waals surface area contributed by atoms with Crippen molar-refractivity contribution in [3.05, 3.63) is 74.1 Å². The molecule has 7 nitrogen and oxygen atoms in total. The Labute approximate surface area is 148 Å².